The molecule has 14 heteroatoms. The van der Waals surface area contributed by atoms with Gasteiger partial charge in [0.05, 0.1) is 28.5 Å². The van der Waals surface area contributed by atoms with E-state index < -0.39 is 10.8 Å². The van der Waals surface area contributed by atoms with Gasteiger partial charge >= 0.3 is 0 Å². The number of nitrogens with one attached hydrogen (secondary N) is 2. The second-order valence-corrected chi connectivity index (χ2v) is 14.4. The molecule has 0 atom stereocenters. The van der Waals surface area contributed by atoms with E-state index in [0.29, 0.717) is 93.7 Å². The molecule has 6 aliphatic rings. The summed E-state index contributed by atoms with van der Waals surface area (Å²) in [6.07, 6.45) is 4.42. The fourth-order valence-electron chi connectivity index (χ4n) is 7.07. The number of fused-ring (bicyclic) bond motifs is 15. The first-order chi connectivity index (χ1) is 25.0. The Bertz CT molecular complexity index is 2350. The number of rotatable bonds is 6. The zero-order chi connectivity index (χ0) is 36.7. The number of hydrogen-bond donors (Lipinski definition) is 2. The smallest absolute Gasteiger partial charge is 0.184 e. The monoisotopic (exact) mass is 696 g/mol. The van der Waals surface area contributed by atoms with Crippen molar-refractivity contribution in [2.75, 3.05) is 0 Å². The lowest BCUT2D eigenvalue weighted by Crippen LogP contribution is -2.35. The van der Waals surface area contributed by atoms with Crippen LogP contribution >= 0.6 is 0 Å². The number of amidine groups is 6. The van der Waals surface area contributed by atoms with Gasteiger partial charge in [-0.2, -0.15) is 0 Å². The molecule has 6 aliphatic heterocycles. The summed E-state index contributed by atoms with van der Waals surface area (Å²) in [4.78, 5) is 64.6. The van der Waals surface area contributed by atoms with Crippen LogP contribution in [0.1, 0.15) is 126 Å². The van der Waals surface area contributed by atoms with Crippen molar-refractivity contribution in [2.45, 2.75) is 108 Å². The summed E-state index contributed by atoms with van der Waals surface area (Å²) >= 11 is 0. The highest BCUT2D eigenvalue weighted by Crippen LogP contribution is 2.47. The van der Waals surface area contributed by atoms with Gasteiger partial charge in [-0.05, 0) is 38.5 Å². The highest BCUT2D eigenvalue weighted by molar-refractivity contribution is 6.29. The van der Waals surface area contributed by atoms with Crippen LogP contribution in [0.25, 0.3) is 11.4 Å². The molecule has 0 aliphatic carbocycles. The quantitative estimate of drug-likeness (QED) is 0.248. The molecule has 266 valence electrons. The van der Waals surface area contributed by atoms with Crippen molar-refractivity contribution in [3.05, 3.63) is 56.9 Å². The van der Waals surface area contributed by atoms with Crippen molar-refractivity contribution in [1.29, 1.82) is 0 Å². The van der Waals surface area contributed by atoms with E-state index in [1.165, 1.54) is 0 Å². The summed E-state index contributed by atoms with van der Waals surface area (Å²) in [5.41, 5.74) is 8.21. The van der Waals surface area contributed by atoms with Crippen LogP contribution in [-0.4, -0.2) is 69.9 Å². The third-order valence-corrected chi connectivity index (χ3v) is 11.0. The molecule has 8 bridgehead atoms. The maximum Gasteiger partial charge on any atom is 0.184 e. The van der Waals surface area contributed by atoms with Gasteiger partial charge in [0.25, 0.3) is 0 Å². The first kappa shape index (κ1) is 33.7. The molecule has 2 aromatic heterocycles. The van der Waals surface area contributed by atoms with E-state index >= 15 is 0 Å². The Balaban J connectivity index is 1.47. The Labute approximate surface area is 303 Å². The molecule has 0 aromatic carbocycles. The van der Waals surface area contributed by atoms with E-state index in [4.69, 9.17) is 59.9 Å². The van der Waals surface area contributed by atoms with Crippen LogP contribution in [0.4, 0.5) is 11.6 Å². The van der Waals surface area contributed by atoms with Crippen LogP contribution in [-0.2, 0) is 38.5 Å². The molecule has 14 nitrogen and oxygen atoms in total. The average Bonchev–Trinajstić information content (AvgIpc) is 3.81. The van der Waals surface area contributed by atoms with Gasteiger partial charge in [0.15, 0.2) is 35.0 Å². The van der Waals surface area contributed by atoms with Crippen molar-refractivity contribution in [1.82, 2.24) is 40.2 Å². The standard InChI is InChI=1S/C38H44N14/c1-11-17-18(12-2)40-24-23(39-17)29-45-30(24)47-32-26-28(44-22(16-6)20(14-4)42-26)34(49-32)51-36-38(9,10)37(7,8)35(52-36)50-33-27-25(31(46-29)48-33)41-19(13-3)21(15-5)43-27/h41H,11-16H2,1-10H3,(H,45,46,47,48,49,50,51,52). The highest BCUT2D eigenvalue weighted by atomic mass is 15.2. The number of aromatic amines is 1. The zero-order valence-electron chi connectivity index (χ0n) is 31.6. The van der Waals surface area contributed by atoms with Crippen molar-refractivity contribution in [2.24, 2.45) is 40.8 Å². The Morgan fingerprint density at radius 2 is 0.808 bits per heavy atom. The molecular formula is C38H44N14. The molecule has 0 radical (unpaired) electrons. The molecule has 2 N–H and O–H groups in total. The summed E-state index contributed by atoms with van der Waals surface area (Å²) in [6.45, 7) is 21.2. The maximum atomic E-state index is 5.20. The Morgan fingerprint density at radius 3 is 1.25 bits per heavy atom. The van der Waals surface area contributed by atoms with E-state index in [0.717, 1.165) is 59.8 Å². The van der Waals surface area contributed by atoms with Crippen molar-refractivity contribution >= 4 is 46.6 Å². The SMILES string of the molecule is CCc1nc2c(nc1CC)C1=NC2=NC2=NC(=Nc3nc(c4nc(CC)c(CC)[nH]c3-4)N=C3NC(=N1)C(C)(C)C3(C)C)c1nc(CC)c(CC)nc12. The molecule has 0 saturated carbocycles. The number of aromatic nitrogens is 7. The lowest BCUT2D eigenvalue weighted by atomic mass is 9.69. The Kier molecular flexibility index (Phi) is 7.84. The largest absolute Gasteiger partial charge is 0.352 e. The Hall–Kier alpha value is -5.40. The minimum Gasteiger partial charge on any atom is -0.352 e. The summed E-state index contributed by atoms with van der Waals surface area (Å²) < 4.78 is 0. The van der Waals surface area contributed by atoms with Gasteiger partial charge in [-0.3, -0.25) is 0 Å². The number of hydrogen-bond acceptors (Lipinski definition) is 13. The van der Waals surface area contributed by atoms with Crippen molar-refractivity contribution in [3.8, 4) is 11.4 Å². The minimum absolute atomic E-state index is 0.352. The van der Waals surface area contributed by atoms with Crippen LogP contribution < -0.4 is 5.32 Å². The summed E-state index contributed by atoms with van der Waals surface area (Å²) in [6, 6.07) is 0. The van der Waals surface area contributed by atoms with Gasteiger partial charge in [-0.25, -0.2) is 59.9 Å². The van der Waals surface area contributed by atoms with Crippen LogP contribution in [0.2, 0.25) is 0 Å². The molecule has 0 spiro atoms. The van der Waals surface area contributed by atoms with Crippen LogP contribution in [0, 0.1) is 10.8 Å². The van der Waals surface area contributed by atoms with E-state index in [1.807, 2.05) is 0 Å². The van der Waals surface area contributed by atoms with Crippen molar-refractivity contribution in [3.63, 3.8) is 0 Å². The van der Waals surface area contributed by atoms with Gasteiger partial charge in [0, 0.05) is 16.5 Å². The molecule has 0 amide bonds. The van der Waals surface area contributed by atoms with Gasteiger partial charge in [-0.15, -0.1) is 0 Å². The molecule has 52 heavy (non-hydrogen) atoms. The Morgan fingerprint density at radius 1 is 0.404 bits per heavy atom. The molecule has 1 saturated heterocycles. The summed E-state index contributed by atoms with van der Waals surface area (Å²) in [5.74, 6) is 3.83. The molecule has 1 fully saturated rings. The fraction of sp³-hybridized carbons (Fsp3) is 0.474. The van der Waals surface area contributed by atoms with Crippen LogP contribution in [0.15, 0.2) is 30.0 Å². The van der Waals surface area contributed by atoms with E-state index in [2.05, 4.69) is 79.5 Å². The first-order valence-corrected chi connectivity index (χ1v) is 18.5. The zero-order valence-corrected chi connectivity index (χ0v) is 31.6. The predicted molar refractivity (Wildman–Crippen MR) is 204 cm³/mol. The lowest BCUT2D eigenvalue weighted by Gasteiger charge is -2.32. The fourth-order valence-corrected chi connectivity index (χ4v) is 7.07. The molecule has 2 aromatic rings. The lowest BCUT2D eigenvalue weighted by molar-refractivity contribution is 0.301. The van der Waals surface area contributed by atoms with Gasteiger partial charge in [0.1, 0.15) is 45.8 Å². The summed E-state index contributed by atoms with van der Waals surface area (Å²) in [7, 11) is 0. The van der Waals surface area contributed by atoms with Gasteiger partial charge in [-0.1, -0.05) is 69.2 Å². The molecule has 8 heterocycles. The van der Waals surface area contributed by atoms with Crippen LogP contribution in [0.3, 0.4) is 0 Å². The number of nitrogens with zero attached hydrogens (tertiary/aromatic N) is 12. The second-order valence-electron chi connectivity index (χ2n) is 14.4. The molecule has 0 unspecified atom stereocenters. The van der Waals surface area contributed by atoms with Crippen molar-refractivity contribution < 1.29 is 0 Å². The number of H-pyrrole nitrogens is 1. The average molecular weight is 697 g/mol. The second kappa shape index (κ2) is 12.1. The van der Waals surface area contributed by atoms with Gasteiger partial charge < -0.3 is 10.3 Å². The normalized spacial score (nSPS) is 17.9. The molecule has 8 rings (SSSR count). The van der Waals surface area contributed by atoms with E-state index in [1.54, 1.807) is 0 Å². The van der Waals surface area contributed by atoms with E-state index in [-0.39, 0.29) is 0 Å². The number of aliphatic imine (C=N–C) groups is 6. The summed E-state index contributed by atoms with van der Waals surface area (Å²) in [5, 5.41) is 3.58. The predicted octanol–water partition coefficient (Wildman–Crippen LogP) is 6.01. The minimum atomic E-state index is -0.479. The third-order valence-electron chi connectivity index (χ3n) is 11.0. The first-order valence-electron chi connectivity index (χ1n) is 18.5. The number of aryl methyl sites for hydroxylation is 6. The maximum absolute atomic E-state index is 5.20. The van der Waals surface area contributed by atoms with Crippen LogP contribution in [0.5, 0.6) is 0 Å². The van der Waals surface area contributed by atoms with Gasteiger partial charge in [0.2, 0.25) is 0 Å². The topological polar surface area (TPSA) is 179 Å². The molecular weight excluding hydrogens is 653 g/mol. The highest BCUT2D eigenvalue weighted by Gasteiger charge is 2.52. The third kappa shape index (κ3) is 4.90. The van der Waals surface area contributed by atoms with E-state index in [9.17, 15) is 0 Å².